The zero-order valence-corrected chi connectivity index (χ0v) is 13.8. The third-order valence-electron chi connectivity index (χ3n) is 3.24. The van der Waals surface area contributed by atoms with E-state index in [9.17, 15) is 0 Å². The Labute approximate surface area is 123 Å². The molecule has 0 aliphatic carbocycles. The van der Waals surface area contributed by atoms with Crippen molar-refractivity contribution < 1.29 is 0 Å². The minimum atomic E-state index is 0.360. The van der Waals surface area contributed by atoms with Gasteiger partial charge in [-0.25, -0.2) is 9.97 Å². The smallest absolute Gasteiger partial charge is 0.131 e. The number of hydrogen-bond acceptors (Lipinski definition) is 5. The van der Waals surface area contributed by atoms with Gasteiger partial charge in [0.15, 0.2) is 0 Å². The Morgan fingerprint density at radius 1 is 1.20 bits per heavy atom. The van der Waals surface area contributed by atoms with Crippen LogP contribution >= 0.6 is 0 Å². The summed E-state index contributed by atoms with van der Waals surface area (Å²) in [7, 11) is 8.27. The van der Waals surface area contributed by atoms with Crippen molar-refractivity contribution in [2.24, 2.45) is 0 Å². The van der Waals surface area contributed by atoms with E-state index in [1.807, 2.05) is 13.2 Å². The van der Waals surface area contributed by atoms with E-state index in [1.54, 1.807) is 0 Å². The van der Waals surface area contributed by atoms with Gasteiger partial charge >= 0.3 is 0 Å². The summed E-state index contributed by atoms with van der Waals surface area (Å²) in [6.07, 6.45) is 3.10. The fraction of sp³-hybridized carbons (Fsp3) is 0.733. The lowest BCUT2D eigenvalue weighted by Gasteiger charge is -2.23. The quantitative estimate of drug-likeness (QED) is 0.785. The molecular formula is C15H29N5. The first kappa shape index (κ1) is 16.9. The Balaban J connectivity index is 2.81. The fourth-order valence-corrected chi connectivity index (χ4v) is 2.07. The number of nitrogens with one attached hydrogen (secondary N) is 1. The summed E-state index contributed by atoms with van der Waals surface area (Å²) in [5.41, 5.74) is 2.21. The van der Waals surface area contributed by atoms with Crippen molar-refractivity contribution in [3.05, 3.63) is 17.7 Å². The molecule has 0 saturated carbocycles. The molecule has 0 atom stereocenters. The van der Waals surface area contributed by atoms with Gasteiger partial charge in [0.1, 0.15) is 5.82 Å². The van der Waals surface area contributed by atoms with Crippen LogP contribution < -0.4 is 10.2 Å². The van der Waals surface area contributed by atoms with Crippen LogP contribution in [0.1, 0.15) is 37.7 Å². The molecule has 0 aliphatic heterocycles. The molecule has 1 rings (SSSR count). The van der Waals surface area contributed by atoms with E-state index in [0.717, 1.165) is 43.3 Å². The summed E-state index contributed by atoms with van der Waals surface area (Å²) in [6.45, 7) is 7.13. The van der Waals surface area contributed by atoms with Crippen LogP contribution in [-0.4, -0.2) is 56.1 Å². The van der Waals surface area contributed by atoms with Crippen LogP contribution in [0.25, 0.3) is 0 Å². The molecule has 0 fully saturated rings. The third-order valence-corrected chi connectivity index (χ3v) is 3.24. The van der Waals surface area contributed by atoms with Gasteiger partial charge in [0.25, 0.3) is 0 Å². The summed E-state index contributed by atoms with van der Waals surface area (Å²) >= 11 is 0. The molecule has 0 saturated heterocycles. The van der Waals surface area contributed by atoms with Crippen molar-refractivity contribution in [1.29, 1.82) is 0 Å². The van der Waals surface area contributed by atoms with E-state index in [0.29, 0.717) is 5.92 Å². The van der Waals surface area contributed by atoms with E-state index in [-0.39, 0.29) is 0 Å². The lowest BCUT2D eigenvalue weighted by Crippen LogP contribution is -2.26. The molecule has 0 radical (unpaired) electrons. The highest BCUT2D eigenvalue weighted by atomic mass is 15.1. The molecule has 1 heterocycles. The Hall–Kier alpha value is -1.20. The predicted molar refractivity (Wildman–Crippen MR) is 85.3 cm³/mol. The van der Waals surface area contributed by atoms with Gasteiger partial charge in [0.2, 0.25) is 0 Å². The molecule has 5 heteroatoms. The Morgan fingerprint density at radius 3 is 2.45 bits per heavy atom. The molecule has 20 heavy (non-hydrogen) atoms. The summed E-state index contributed by atoms with van der Waals surface area (Å²) in [5, 5.41) is 3.19. The monoisotopic (exact) mass is 279 g/mol. The van der Waals surface area contributed by atoms with Crippen molar-refractivity contribution in [2.75, 3.05) is 46.2 Å². The van der Waals surface area contributed by atoms with Crippen LogP contribution in [0.4, 0.5) is 5.69 Å². The van der Waals surface area contributed by atoms with Gasteiger partial charge in [-0.05, 0) is 34.1 Å². The normalized spacial score (nSPS) is 11.4. The van der Waals surface area contributed by atoms with Gasteiger partial charge in [-0.1, -0.05) is 13.8 Å². The van der Waals surface area contributed by atoms with Crippen LogP contribution in [0, 0.1) is 0 Å². The van der Waals surface area contributed by atoms with Gasteiger partial charge < -0.3 is 15.1 Å². The summed E-state index contributed by atoms with van der Waals surface area (Å²) < 4.78 is 0. The van der Waals surface area contributed by atoms with Gasteiger partial charge in [-0.2, -0.15) is 0 Å². The second-order valence-electron chi connectivity index (χ2n) is 5.82. The number of hydrogen-bond donors (Lipinski definition) is 1. The van der Waals surface area contributed by atoms with E-state index in [2.05, 4.69) is 55.1 Å². The van der Waals surface area contributed by atoms with Crippen molar-refractivity contribution in [3.63, 3.8) is 0 Å². The topological polar surface area (TPSA) is 44.3 Å². The molecule has 0 spiro atoms. The number of rotatable bonds is 8. The first-order valence-corrected chi connectivity index (χ1v) is 7.32. The van der Waals surface area contributed by atoms with Gasteiger partial charge in [0, 0.05) is 26.1 Å². The number of nitrogens with zero attached hydrogens (tertiary/aromatic N) is 4. The molecule has 0 amide bonds. The highest BCUT2D eigenvalue weighted by Crippen LogP contribution is 2.19. The van der Waals surface area contributed by atoms with Gasteiger partial charge in [-0.3, -0.25) is 0 Å². The second kappa shape index (κ2) is 8.17. The molecule has 0 aromatic carbocycles. The minimum absolute atomic E-state index is 0.360. The zero-order chi connectivity index (χ0) is 15.1. The van der Waals surface area contributed by atoms with Crippen LogP contribution in [-0.2, 0) is 6.54 Å². The highest BCUT2D eigenvalue weighted by molar-refractivity contribution is 5.48. The van der Waals surface area contributed by atoms with Crippen molar-refractivity contribution >= 4 is 5.69 Å². The van der Waals surface area contributed by atoms with E-state index >= 15 is 0 Å². The molecule has 0 bridgehead atoms. The molecule has 0 aliphatic rings. The molecule has 0 unspecified atom stereocenters. The SMILES string of the molecule is CNCc1nc(C(C)C)ncc1N(C)CCCN(C)C. The van der Waals surface area contributed by atoms with Crippen LogP contribution in [0.3, 0.4) is 0 Å². The average Bonchev–Trinajstić information content (AvgIpc) is 2.38. The zero-order valence-electron chi connectivity index (χ0n) is 13.8. The number of anilines is 1. The summed E-state index contributed by atoms with van der Waals surface area (Å²) in [4.78, 5) is 13.7. The Kier molecular flexibility index (Phi) is 6.88. The minimum Gasteiger partial charge on any atom is -0.372 e. The average molecular weight is 279 g/mol. The molecule has 5 nitrogen and oxygen atoms in total. The first-order valence-electron chi connectivity index (χ1n) is 7.32. The van der Waals surface area contributed by atoms with Crippen LogP contribution in [0.5, 0.6) is 0 Å². The molecular weight excluding hydrogens is 250 g/mol. The molecule has 1 aromatic heterocycles. The number of aromatic nitrogens is 2. The van der Waals surface area contributed by atoms with Crippen molar-refractivity contribution in [1.82, 2.24) is 20.2 Å². The van der Waals surface area contributed by atoms with Crippen molar-refractivity contribution in [2.45, 2.75) is 32.7 Å². The Morgan fingerprint density at radius 2 is 1.90 bits per heavy atom. The maximum atomic E-state index is 4.70. The molecule has 114 valence electrons. The molecule has 1 N–H and O–H groups in total. The molecule has 1 aromatic rings. The van der Waals surface area contributed by atoms with E-state index in [4.69, 9.17) is 4.98 Å². The Bertz CT molecular complexity index is 403. The summed E-state index contributed by atoms with van der Waals surface area (Å²) in [6, 6.07) is 0. The van der Waals surface area contributed by atoms with Crippen molar-refractivity contribution in [3.8, 4) is 0 Å². The van der Waals surface area contributed by atoms with Gasteiger partial charge in [0.05, 0.1) is 17.6 Å². The largest absolute Gasteiger partial charge is 0.372 e. The summed E-state index contributed by atoms with van der Waals surface area (Å²) in [5.74, 6) is 1.28. The lowest BCUT2D eigenvalue weighted by atomic mass is 10.2. The lowest BCUT2D eigenvalue weighted by molar-refractivity contribution is 0.401. The maximum Gasteiger partial charge on any atom is 0.131 e. The second-order valence-corrected chi connectivity index (χ2v) is 5.82. The van der Waals surface area contributed by atoms with E-state index < -0.39 is 0 Å². The van der Waals surface area contributed by atoms with Gasteiger partial charge in [-0.15, -0.1) is 0 Å². The first-order chi connectivity index (χ1) is 9.45. The standard InChI is InChI=1S/C15H29N5/c1-12(2)15-17-11-14(13(18-15)10-16-3)20(6)9-7-8-19(4)5/h11-12,16H,7-10H2,1-6H3. The van der Waals surface area contributed by atoms with Crippen LogP contribution in [0.15, 0.2) is 6.20 Å². The van der Waals surface area contributed by atoms with E-state index in [1.165, 1.54) is 0 Å². The maximum absolute atomic E-state index is 4.70. The highest BCUT2D eigenvalue weighted by Gasteiger charge is 2.12. The fourth-order valence-electron chi connectivity index (χ4n) is 2.07. The predicted octanol–water partition coefficient (Wildman–Crippen LogP) is 1.71. The third kappa shape index (κ3) is 5.06. The van der Waals surface area contributed by atoms with Crippen LogP contribution in [0.2, 0.25) is 0 Å².